The summed E-state index contributed by atoms with van der Waals surface area (Å²) >= 11 is 6.05. The molecule has 6 heteroatoms. The number of rotatable bonds is 4. The number of halogens is 1. The highest BCUT2D eigenvalue weighted by atomic mass is 35.5. The molecule has 1 aromatic heterocycles. The molecule has 0 aliphatic rings. The standard InChI is InChI=1S/C10H17ClN4O/c1-10(2,6-12)15(3)8-7(11)5-13-9(14-8)16-4/h5H,6,12H2,1-4H3. The molecule has 90 valence electrons. The molecule has 0 aliphatic carbocycles. The number of ether oxygens (including phenoxy) is 1. The minimum Gasteiger partial charge on any atom is -0.467 e. The lowest BCUT2D eigenvalue weighted by atomic mass is 10.0. The zero-order valence-corrected chi connectivity index (χ0v) is 10.7. The monoisotopic (exact) mass is 244 g/mol. The summed E-state index contributed by atoms with van der Waals surface area (Å²) in [4.78, 5) is 10.1. The van der Waals surface area contributed by atoms with Crippen molar-refractivity contribution in [1.82, 2.24) is 9.97 Å². The predicted molar refractivity (Wildman–Crippen MR) is 65.1 cm³/mol. The molecule has 5 nitrogen and oxygen atoms in total. The van der Waals surface area contributed by atoms with Crippen LogP contribution in [-0.4, -0.2) is 36.2 Å². The van der Waals surface area contributed by atoms with Gasteiger partial charge in [-0.2, -0.15) is 4.98 Å². The van der Waals surface area contributed by atoms with Gasteiger partial charge in [-0.3, -0.25) is 0 Å². The van der Waals surface area contributed by atoms with Crippen LogP contribution < -0.4 is 15.4 Å². The molecule has 16 heavy (non-hydrogen) atoms. The molecule has 1 rings (SSSR count). The lowest BCUT2D eigenvalue weighted by Crippen LogP contribution is -2.47. The molecule has 1 aromatic rings. The molecule has 0 radical (unpaired) electrons. The van der Waals surface area contributed by atoms with E-state index in [1.807, 2.05) is 25.8 Å². The zero-order chi connectivity index (χ0) is 12.3. The lowest BCUT2D eigenvalue weighted by molar-refractivity contribution is 0.378. The number of hydrogen-bond acceptors (Lipinski definition) is 5. The largest absolute Gasteiger partial charge is 0.467 e. The van der Waals surface area contributed by atoms with Gasteiger partial charge in [0.2, 0.25) is 0 Å². The van der Waals surface area contributed by atoms with E-state index < -0.39 is 0 Å². The van der Waals surface area contributed by atoms with Crippen LogP contribution in [0.1, 0.15) is 13.8 Å². The Kier molecular flexibility index (Phi) is 3.93. The van der Waals surface area contributed by atoms with Gasteiger partial charge in [-0.15, -0.1) is 0 Å². The van der Waals surface area contributed by atoms with Crippen LogP contribution in [0, 0.1) is 0 Å². The Morgan fingerprint density at radius 3 is 2.69 bits per heavy atom. The van der Waals surface area contributed by atoms with Crippen LogP contribution in [0.5, 0.6) is 6.01 Å². The Morgan fingerprint density at radius 1 is 1.56 bits per heavy atom. The maximum Gasteiger partial charge on any atom is 0.318 e. The minimum atomic E-state index is -0.233. The van der Waals surface area contributed by atoms with Crippen molar-refractivity contribution >= 4 is 17.4 Å². The predicted octanol–water partition coefficient (Wildman–Crippen LogP) is 1.31. The van der Waals surface area contributed by atoms with E-state index in [1.165, 1.54) is 13.3 Å². The van der Waals surface area contributed by atoms with Gasteiger partial charge in [0.1, 0.15) is 5.02 Å². The Morgan fingerprint density at radius 2 is 2.19 bits per heavy atom. The van der Waals surface area contributed by atoms with Crippen molar-refractivity contribution in [2.24, 2.45) is 5.73 Å². The average Bonchev–Trinajstić information content (AvgIpc) is 2.29. The number of hydrogen-bond donors (Lipinski definition) is 1. The van der Waals surface area contributed by atoms with Crippen molar-refractivity contribution in [3.8, 4) is 6.01 Å². The lowest BCUT2D eigenvalue weighted by Gasteiger charge is -2.35. The molecule has 1 heterocycles. The van der Waals surface area contributed by atoms with Gasteiger partial charge < -0.3 is 15.4 Å². The minimum absolute atomic E-state index is 0.233. The van der Waals surface area contributed by atoms with Crippen molar-refractivity contribution < 1.29 is 4.74 Å². The van der Waals surface area contributed by atoms with Gasteiger partial charge in [-0.05, 0) is 13.8 Å². The molecule has 0 spiro atoms. The molecular formula is C10H17ClN4O. The highest BCUT2D eigenvalue weighted by molar-refractivity contribution is 6.32. The third-order valence-electron chi connectivity index (χ3n) is 2.61. The quantitative estimate of drug-likeness (QED) is 0.865. The highest BCUT2D eigenvalue weighted by Gasteiger charge is 2.25. The Balaban J connectivity index is 3.11. The van der Waals surface area contributed by atoms with E-state index in [0.717, 1.165) is 0 Å². The third-order valence-corrected chi connectivity index (χ3v) is 2.88. The van der Waals surface area contributed by atoms with Crippen LogP contribution in [0.15, 0.2) is 6.20 Å². The molecule has 0 unspecified atom stereocenters. The fourth-order valence-corrected chi connectivity index (χ4v) is 1.32. The van der Waals surface area contributed by atoms with Crippen LogP contribution in [-0.2, 0) is 0 Å². The number of nitrogens with two attached hydrogens (primary N) is 1. The number of likely N-dealkylation sites (N-methyl/N-ethyl adjacent to an activating group) is 1. The van der Waals surface area contributed by atoms with Gasteiger partial charge in [-0.1, -0.05) is 11.6 Å². The average molecular weight is 245 g/mol. The van der Waals surface area contributed by atoms with Crippen LogP contribution >= 0.6 is 11.6 Å². The summed E-state index contributed by atoms with van der Waals surface area (Å²) in [5.41, 5.74) is 5.47. The number of nitrogens with zero attached hydrogens (tertiary/aromatic N) is 3. The maximum absolute atomic E-state index is 6.05. The summed E-state index contributed by atoms with van der Waals surface area (Å²) in [6, 6.07) is 0.291. The van der Waals surface area contributed by atoms with E-state index in [1.54, 1.807) is 0 Å². The molecular weight excluding hydrogens is 228 g/mol. The first-order chi connectivity index (χ1) is 7.42. The smallest absolute Gasteiger partial charge is 0.318 e. The zero-order valence-electron chi connectivity index (χ0n) is 9.99. The molecule has 0 atom stereocenters. The van der Waals surface area contributed by atoms with Crippen LogP contribution in [0.4, 0.5) is 5.82 Å². The van der Waals surface area contributed by atoms with Gasteiger partial charge in [0.15, 0.2) is 5.82 Å². The highest BCUT2D eigenvalue weighted by Crippen LogP contribution is 2.28. The van der Waals surface area contributed by atoms with Crippen molar-refractivity contribution in [3.05, 3.63) is 11.2 Å². The molecule has 0 saturated carbocycles. The topological polar surface area (TPSA) is 64.3 Å². The Bertz CT molecular complexity index is 370. The van der Waals surface area contributed by atoms with Gasteiger partial charge in [0.25, 0.3) is 0 Å². The van der Waals surface area contributed by atoms with Crippen LogP contribution in [0.2, 0.25) is 5.02 Å². The summed E-state index contributed by atoms with van der Waals surface area (Å²) < 4.78 is 4.97. The fourth-order valence-electron chi connectivity index (χ4n) is 1.10. The second-order valence-electron chi connectivity index (χ2n) is 4.10. The van der Waals surface area contributed by atoms with Gasteiger partial charge in [0, 0.05) is 19.1 Å². The first-order valence-corrected chi connectivity index (χ1v) is 5.30. The van der Waals surface area contributed by atoms with Crippen molar-refractivity contribution in [2.45, 2.75) is 19.4 Å². The normalized spacial score (nSPS) is 11.4. The van der Waals surface area contributed by atoms with E-state index >= 15 is 0 Å². The summed E-state index contributed by atoms with van der Waals surface area (Å²) in [5, 5.41) is 0.477. The molecule has 2 N–H and O–H groups in total. The molecule has 0 aliphatic heterocycles. The molecule has 0 aromatic carbocycles. The van der Waals surface area contributed by atoms with Gasteiger partial charge in [0.05, 0.1) is 13.3 Å². The van der Waals surface area contributed by atoms with Crippen LogP contribution in [0.25, 0.3) is 0 Å². The van der Waals surface area contributed by atoms with Crippen LogP contribution in [0.3, 0.4) is 0 Å². The van der Waals surface area contributed by atoms with E-state index in [9.17, 15) is 0 Å². The number of anilines is 1. The van der Waals surface area contributed by atoms with Crippen molar-refractivity contribution in [2.75, 3.05) is 25.6 Å². The first-order valence-electron chi connectivity index (χ1n) is 4.93. The molecule has 0 amide bonds. The van der Waals surface area contributed by atoms with Crippen molar-refractivity contribution in [3.63, 3.8) is 0 Å². The van der Waals surface area contributed by atoms with E-state index in [0.29, 0.717) is 23.4 Å². The summed E-state index contributed by atoms with van der Waals surface area (Å²) in [5.74, 6) is 0.615. The second-order valence-corrected chi connectivity index (χ2v) is 4.51. The third kappa shape index (κ3) is 2.54. The molecule has 0 saturated heterocycles. The second kappa shape index (κ2) is 4.84. The van der Waals surface area contributed by atoms with E-state index in [2.05, 4.69) is 9.97 Å². The van der Waals surface area contributed by atoms with Gasteiger partial charge in [-0.25, -0.2) is 4.98 Å². The first kappa shape index (κ1) is 13.0. The summed E-state index contributed by atoms with van der Waals surface area (Å²) in [6.07, 6.45) is 1.52. The maximum atomic E-state index is 6.05. The molecule has 0 bridgehead atoms. The SMILES string of the molecule is COc1ncc(Cl)c(N(C)C(C)(C)CN)n1. The Labute approximate surface area is 101 Å². The number of aromatic nitrogens is 2. The van der Waals surface area contributed by atoms with E-state index in [4.69, 9.17) is 22.1 Å². The number of methoxy groups -OCH3 is 1. The van der Waals surface area contributed by atoms with Gasteiger partial charge >= 0.3 is 6.01 Å². The summed E-state index contributed by atoms with van der Waals surface area (Å²) in [6.45, 7) is 4.52. The van der Waals surface area contributed by atoms with E-state index in [-0.39, 0.29) is 5.54 Å². The van der Waals surface area contributed by atoms with Crippen molar-refractivity contribution in [1.29, 1.82) is 0 Å². The summed E-state index contributed by atoms with van der Waals surface area (Å²) in [7, 11) is 3.40. The molecule has 0 fully saturated rings. The Hall–Kier alpha value is -1.07. The fraction of sp³-hybridized carbons (Fsp3) is 0.600.